The molecule has 0 aromatic rings. The molecule has 1 aliphatic rings. The number of rotatable bonds is 4. The van der Waals surface area contributed by atoms with Crippen molar-refractivity contribution in [3.05, 3.63) is 0 Å². The first kappa shape index (κ1) is 14.4. The van der Waals surface area contributed by atoms with E-state index in [1.54, 1.807) is 0 Å². The van der Waals surface area contributed by atoms with Crippen molar-refractivity contribution < 1.29 is 4.79 Å². The molecule has 1 aliphatic heterocycles. The second-order valence-corrected chi connectivity index (χ2v) is 5.02. The predicted octanol–water partition coefficient (Wildman–Crippen LogP) is -0.501. The average molecular weight is 254 g/mol. The highest BCUT2D eigenvalue weighted by molar-refractivity contribution is 6.40. The summed E-state index contributed by atoms with van der Waals surface area (Å²) in [5.41, 5.74) is 5.27. The van der Waals surface area contributed by atoms with Gasteiger partial charge in [-0.15, -0.1) is 0 Å². The maximum Gasteiger partial charge on any atom is 0.284 e. The van der Waals surface area contributed by atoms with Crippen LogP contribution in [0.4, 0.5) is 0 Å². The fourth-order valence-electron chi connectivity index (χ4n) is 1.72. The van der Waals surface area contributed by atoms with Crippen molar-refractivity contribution in [3.8, 4) is 0 Å². The minimum Gasteiger partial charge on any atom is -0.363 e. The van der Waals surface area contributed by atoms with E-state index in [0.29, 0.717) is 5.96 Å². The van der Waals surface area contributed by atoms with Crippen molar-refractivity contribution in [2.24, 2.45) is 15.7 Å². The van der Waals surface area contributed by atoms with E-state index in [2.05, 4.69) is 25.9 Å². The van der Waals surface area contributed by atoms with Gasteiger partial charge in [0.1, 0.15) is 0 Å². The third-order valence-electron chi connectivity index (χ3n) is 2.12. The summed E-state index contributed by atoms with van der Waals surface area (Å²) >= 11 is 0. The third kappa shape index (κ3) is 3.99. The van der Waals surface area contributed by atoms with Gasteiger partial charge in [-0.3, -0.25) is 15.1 Å². The van der Waals surface area contributed by atoms with Crippen LogP contribution in [0.2, 0.25) is 0 Å². The van der Waals surface area contributed by atoms with E-state index in [1.165, 1.54) is 0 Å². The van der Waals surface area contributed by atoms with Gasteiger partial charge < -0.3 is 16.4 Å². The lowest BCUT2D eigenvalue weighted by Crippen LogP contribution is -2.66. The van der Waals surface area contributed by atoms with E-state index < -0.39 is 11.7 Å². The molecule has 1 heterocycles. The molecule has 0 radical (unpaired) electrons. The average Bonchev–Trinajstić information content (AvgIpc) is 2.12. The van der Waals surface area contributed by atoms with Gasteiger partial charge in [-0.25, -0.2) is 4.99 Å². The maximum atomic E-state index is 11.3. The largest absolute Gasteiger partial charge is 0.363 e. The van der Waals surface area contributed by atoms with E-state index >= 15 is 0 Å². The highest BCUT2D eigenvalue weighted by Crippen LogP contribution is 2.07. The zero-order valence-electron chi connectivity index (χ0n) is 11.5. The number of guanidine groups is 1. The van der Waals surface area contributed by atoms with Gasteiger partial charge in [0.25, 0.3) is 5.91 Å². The third-order valence-corrected chi connectivity index (χ3v) is 2.12. The van der Waals surface area contributed by atoms with Crippen molar-refractivity contribution in [3.63, 3.8) is 0 Å². The predicted molar refractivity (Wildman–Crippen MR) is 72.1 cm³/mol. The van der Waals surface area contributed by atoms with Gasteiger partial charge in [0.2, 0.25) is 0 Å². The lowest BCUT2D eigenvalue weighted by molar-refractivity contribution is -0.112. The van der Waals surface area contributed by atoms with E-state index in [1.807, 2.05) is 34.6 Å². The van der Waals surface area contributed by atoms with Crippen LogP contribution in [-0.4, -0.2) is 35.6 Å². The van der Waals surface area contributed by atoms with Gasteiger partial charge in [-0.2, -0.15) is 0 Å². The number of amides is 1. The molecule has 7 nitrogen and oxygen atoms in total. The van der Waals surface area contributed by atoms with Crippen molar-refractivity contribution in [2.75, 3.05) is 0 Å². The number of hydrogen-bond donors (Lipinski definition) is 4. The molecule has 0 saturated heterocycles. The number of nitrogens with zero attached hydrogens (tertiary/aromatic N) is 2. The molecule has 1 atom stereocenters. The summed E-state index contributed by atoms with van der Waals surface area (Å²) in [5, 5.41) is 9.12. The van der Waals surface area contributed by atoms with Crippen LogP contribution in [0.3, 0.4) is 0 Å². The summed E-state index contributed by atoms with van der Waals surface area (Å²) < 4.78 is 0. The molecule has 0 bridgehead atoms. The number of primary amides is 1. The van der Waals surface area contributed by atoms with Crippen LogP contribution in [0.25, 0.3) is 0 Å². The molecule has 102 valence electrons. The maximum absolute atomic E-state index is 11.3. The topological polar surface area (TPSA) is 104 Å². The quantitative estimate of drug-likeness (QED) is 0.543. The Balaban J connectivity index is 3.04. The molecule has 1 rings (SSSR count). The molecule has 0 spiro atoms. The van der Waals surface area contributed by atoms with Crippen LogP contribution >= 0.6 is 0 Å². The minimum absolute atomic E-state index is 0.0931. The Bertz CT molecular complexity index is 387. The first-order valence-corrected chi connectivity index (χ1v) is 6.02. The molecule has 0 aliphatic carbocycles. The van der Waals surface area contributed by atoms with Gasteiger partial charge in [-0.1, -0.05) is 0 Å². The van der Waals surface area contributed by atoms with Crippen molar-refractivity contribution in [1.82, 2.24) is 16.0 Å². The van der Waals surface area contributed by atoms with E-state index in [4.69, 9.17) is 5.73 Å². The number of hydrogen-bond acceptors (Lipinski definition) is 4. The molecular weight excluding hydrogens is 232 g/mol. The van der Waals surface area contributed by atoms with E-state index in [0.717, 1.165) is 0 Å². The molecule has 0 saturated carbocycles. The highest BCUT2D eigenvalue weighted by atomic mass is 16.1. The van der Waals surface area contributed by atoms with E-state index in [9.17, 15) is 4.79 Å². The standard InChI is InChI=1S/C11H22N6O/c1-6(2)13-10-14-9(8(12)18)16-11(5,17-10)15-7(3)4/h6-7,15H,1-5H3,(H2,12,18)(H2,13,14,16,17). The Labute approximate surface area is 107 Å². The number of nitrogens with two attached hydrogens (primary N) is 1. The Kier molecular flexibility index (Phi) is 4.28. The van der Waals surface area contributed by atoms with Gasteiger partial charge in [-0.05, 0) is 34.6 Å². The fraction of sp³-hybridized carbons (Fsp3) is 0.727. The molecule has 1 amide bonds. The van der Waals surface area contributed by atoms with Crippen molar-refractivity contribution in [2.45, 2.75) is 52.5 Å². The van der Waals surface area contributed by atoms with Crippen molar-refractivity contribution >= 4 is 17.7 Å². The molecular formula is C11H22N6O. The number of carbonyl (C=O) groups excluding carboxylic acids is 1. The monoisotopic (exact) mass is 254 g/mol. The minimum atomic E-state index is -0.794. The zero-order valence-corrected chi connectivity index (χ0v) is 11.5. The van der Waals surface area contributed by atoms with Gasteiger partial charge in [0, 0.05) is 12.1 Å². The van der Waals surface area contributed by atoms with Crippen LogP contribution in [-0.2, 0) is 4.79 Å². The van der Waals surface area contributed by atoms with Gasteiger partial charge >= 0.3 is 0 Å². The van der Waals surface area contributed by atoms with Crippen LogP contribution in [0.15, 0.2) is 9.98 Å². The second kappa shape index (κ2) is 5.34. The molecule has 18 heavy (non-hydrogen) atoms. The zero-order chi connectivity index (χ0) is 13.9. The lowest BCUT2D eigenvalue weighted by Gasteiger charge is -2.35. The first-order chi connectivity index (χ1) is 8.22. The normalized spacial score (nSPS) is 25.9. The first-order valence-electron chi connectivity index (χ1n) is 6.02. The smallest absolute Gasteiger partial charge is 0.284 e. The molecule has 0 aromatic carbocycles. The summed E-state index contributed by atoms with van der Waals surface area (Å²) in [4.78, 5) is 19.9. The molecule has 5 N–H and O–H groups in total. The number of carbonyl (C=O) groups is 1. The molecule has 1 unspecified atom stereocenters. The van der Waals surface area contributed by atoms with Crippen LogP contribution in [0.1, 0.15) is 34.6 Å². The summed E-state index contributed by atoms with van der Waals surface area (Å²) in [6.07, 6.45) is 0. The molecule has 0 fully saturated rings. The van der Waals surface area contributed by atoms with Crippen LogP contribution in [0, 0.1) is 0 Å². The fourth-order valence-corrected chi connectivity index (χ4v) is 1.72. The van der Waals surface area contributed by atoms with Crippen LogP contribution in [0.5, 0.6) is 0 Å². The highest BCUT2D eigenvalue weighted by Gasteiger charge is 2.32. The van der Waals surface area contributed by atoms with Crippen molar-refractivity contribution in [1.29, 1.82) is 0 Å². The second-order valence-electron chi connectivity index (χ2n) is 5.02. The number of nitrogens with one attached hydrogen (secondary N) is 3. The number of aliphatic imine (C=N–C) groups is 2. The lowest BCUT2D eigenvalue weighted by atomic mass is 10.3. The van der Waals surface area contributed by atoms with Crippen LogP contribution < -0.4 is 21.7 Å². The van der Waals surface area contributed by atoms with Gasteiger partial charge in [0.05, 0.1) is 0 Å². The molecule has 0 aromatic heterocycles. The number of amidine groups is 1. The van der Waals surface area contributed by atoms with E-state index in [-0.39, 0.29) is 17.9 Å². The molecule has 7 heteroatoms. The summed E-state index contributed by atoms with van der Waals surface area (Å²) in [5.74, 6) is -0.810. The summed E-state index contributed by atoms with van der Waals surface area (Å²) in [6.45, 7) is 9.70. The Morgan fingerprint density at radius 3 is 2.50 bits per heavy atom. The SMILES string of the molecule is CC(C)N=C1NC(C(N)=O)=NC(C)(NC(C)C)N1. The summed E-state index contributed by atoms with van der Waals surface area (Å²) in [7, 11) is 0. The Morgan fingerprint density at radius 1 is 1.44 bits per heavy atom. The Morgan fingerprint density at radius 2 is 2.06 bits per heavy atom. The van der Waals surface area contributed by atoms with Gasteiger partial charge in [0.15, 0.2) is 17.6 Å². The summed E-state index contributed by atoms with van der Waals surface area (Å²) in [6, 6.07) is 0.286. The Hall–Kier alpha value is -1.63.